The van der Waals surface area contributed by atoms with Gasteiger partial charge in [-0.25, -0.2) is 0 Å². The molecular weight excluding hydrogens is 236 g/mol. The van der Waals surface area contributed by atoms with E-state index < -0.39 is 0 Å². The van der Waals surface area contributed by atoms with Crippen LogP contribution in [0.2, 0.25) is 0 Å². The Balaban J connectivity index is 2.63. The molecule has 0 saturated heterocycles. The molecular formula is C16H30N2O. The maximum Gasteiger partial charge on any atom is 0.117 e. The maximum absolute atomic E-state index is 5.47. The minimum absolute atomic E-state index is 0.374. The molecule has 1 heterocycles. The summed E-state index contributed by atoms with van der Waals surface area (Å²) in [5.74, 6) is 1.06. The second kappa shape index (κ2) is 8.39. The van der Waals surface area contributed by atoms with Gasteiger partial charge in [-0.15, -0.1) is 0 Å². The third-order valence-corrected chi connectivity index (χ3v) is 4.22. The Morgan fingerprint density at radius 3 is 2.42 bits per heavy atom. The predicted molar refractivity (Wildman–Crippen MR) is 81.2 cm³/mol. The molecule has 0 bridgehead atoms. The van der Waals surface area contributed by atoms with Crippen LogP contribution < -0.4 is 5.32 Å². The molecule has 19 heavy (non-hydrogen) atoms. The fourth-order valence-corrected chi connectivity index (χ4v) is 2.55. The van der Waals surface area contributed by atoms with Crippen LogP contribution in [0.4, 0.5) is 0 Å². The lowest BCUT2D eigenvalue weighted by Crippen LogP contribution is -2.43. The van der Waals surface area contributed by atoms with Gasteiger partial charge in [-0.1, -0.05) is 27.7 Å². The molecule has 0 spiro atoms. The van der Waals surface area contributed by atoms with Crippen molar-refractivity contribution < 1.29 is 4.42 Å². The molecule has 0 saturated carbocycles. The van der Waals surface area contributed by atoms with Gasteiger partial charge in [-0.3, -0.25) is 4.90 Å². The van der Waals surface area contributed by atoms with Crippen LogP contribution in [0.25, 0.3) is 0 Å². The molecule has 110 valence electrons. The van der Waals surface area contributed by atoms with E-state index in [1.165, 1.54) is 12.8 Å². The van der Waals surface area contributed by atoms with E-state index in [1.54, 1.807) is 6.26 Å². The molecule has 1 N–H and O–H groups in total. The van der Waals surface area contributed by atoms with E-state index in [4.69, 9.17) is 4.42 Å². The second-order valence-corrected chi connectivity index (χ2v) is 5.37. The van der Waals surface area contributed by atoms with E-state index in [1.807, 2.05) is 6.07 Å². The Hall–Kier alpha value is -0.800. The highest BCUT2D eigenvalue weighted by Crippen LogP contribution is 2.27. The summed E-state index contributed by atoms with van der Waals surface area (Å²) >= 11 is 0. The van der Waals surface area contributed by atoms with Crippen molar-refractivity contribution in [2.24, 2.45) is 5.41 Å². The first-order valence-corrected chi connectivity index (χ1v) is 7.65. The average Bonchev–Trinajstić information content (AvgIpc) is 2.95. The smallest absolute Gasteiger partial charge is 0.117 e. The third-order valence-electron chi connectivity index (χ3n) is 4.22. The molecule has 0 amide bonds. The monoisotopic (exact) mass is 266 g/mol. The quantitative estimate of drug-likeness (QED) is 0.702. The number of rotatable bonds is 10. The Labute approximate surface area is 118 Å². The van der Waals surface area contributed by atoms with Crippen molar-refractivity contribution in [2.75, 3.05) is 26.2 Å². The highest BCUT2D eigenvalue weighted by molar-refractivity contribution is 4.98. The zero-order valence-electron chi connectivity index (χ0n) is 13.0. The summed E-state index contributed by atoms with van der Waals surface area (Å²) < 4.78 is 5.47. The van der Waals surface area contributed by atoms with E-state index in [0.29, 0.717) is 5.41 Å². The molecule has 1 rings (SSSR count). The lowest BCUT2D eigenvalue weighted by atomic mass is 9.81. The van der Waals surface area contributed by atoms with Gasteiger partial charge < -0.3 is 9.73 Å². The van der Waals surface area contributed by atoms with Crippen molar-refractivity contribution in [3.05, 3.63) is 24.2 Å². The standard InChI is InChI=1S/C16H30N2O/c1-5-16(6-2,13-17-7-3)14-18(8-4)12-15-10-9-11-19-15/h9-11,17H,5-8,12-14H2,1-4H3. The Kier molecular flexibility index (Phi) is 7.17. The first-order valence-electron chi connectivity index (χ1n) is 7.65. The van der Waals surface area contributed by atoms with Gasteiger partial charge in [0.15, 0.2) is 0 Å². The number of nitrogens with one attached hydrogen (secondary N) is 1. The molecule has 1 aromatic rings. The van der Waals surface area contributed by atoms with Crippen LogP contribution in [0.3, 0.4) is 0 Å². The molecule has 0 fully saturated rings. The first kappa shape index (κ1) is 16.3. The predicted octanol–water partition coefficient (Wildman–Crippen LogP) is 3.52. The van der Waals surface area contributed by atoms with Crippen LogP contribution in [0.5, 0.6) is 0 Å². The topological polar surface area (TPSA) is 28.4 Å². The fourth-order valence-electron chi connectivity index (χ4n) is 2.55. The van der Waals surface area contributed by atoms with Crippen LogP contribution in [0, 0.1) is 5.41 Å². The average molecular weight is 266 g/mol. The molecule has 0 radical (unpaired) electrons. The van der Waals surface area contributed by atoms with E-state index in [0.717, 1.165) is 38.5 Å². The van der Waals surface area contributed by atoms with Crippen molar-refractivity contribution in [3.63, 3.8) is 0 Å². The number of furan rings is 1. The summed E-state index contributed by atoms with van der Waals surface area (Å²) in [5, 5.41) is 3.53. The van der Waals surface area contributed by atoms with Gasteiger partial charge in [-0.2, -0.15) is 0 Å². The zero-order chi connectivity index (χ0) is 14.1. The van der Waals surface area contributed by atoms with Gasteiger partial charge in [0, 0.05) is 13.1 Å². The van der Waals surface area contributed by atoms with E-state index in [2.05, 4.69) is 44.0 Å². The minimum atomic E-state index is 0.374. The summed E-state index contributed by atoms with van der Waals surface area (Å²) in [4.78, 5) is 2.49. The number of hydrogen-bond donors (Lipinski definition) is 1. The molecule has 3 heteroatoms. The van der Waals surface area contributed by atoms with Gasteiger partial charge in [0.2, 0.25) is 0 Å². The number of nitrogens with zero attached hydrogens (tertiary/aromatic N) is 1. The van der Waals surface area contributed by atoms with Crippen molar-refractivity contribution >= 4 is 0 Å². The molecule has 0 aliphatic rings. The highest BCUT2D eigenvalue weighted by Gasteiger charge is 2.28. The summed E-state index contributed by atoms with van der Waals surface area (Å²) in [6.07, 6.45) is 4.19. The Bertz CT molecular complexity index is 317. The molecule has 1 aromatic heterocycles. The van der Waals surface area contributed by atoms with E-state index in [-0.39, 0.29) is 0 Å². The Morgan fingerprint density at radius 2 is 1.95 bits per heavy atom. The third kappa shape index (κ3) is 5.00. The molecule has 0 atom stereocenters. The van der Waals surface area contributed by atoms with Gasteiger partial charge >= 0.3 is 0 Å². The minimum Gasteiger partial charge on any atom is -0.468 e. The van der Waals surface area contributed by atoms with Crippen molar-refractivity contribution in [1.29, 1.82) is 0 Å². The molecule has 0 aromatic carbocycles. The van der Waals surface area contributed by atoms with Gasteiger partial charge in [-0.05, 0) is 43.5 Å². The van der Waals surface area contributed by atoms with Crippen molar-refractivity contribution in [3.8, 4) is 0 Å². The van der Waals surface area contributed by atoms with Crippen LogP contribution >= 0.6 is 0 Å². The summed E-state index contributed by atoms with van der Waals surface area (Å²) in [6, 6.07) is 4.03. The van der Waals surface area contributed by atoms with Crippen molar-refractivity contribution in [1.82, 2.24) is 10.2 Å². The first-order chi connectivity index (χ1) is 9.19. The fraction of sp³-hybridized carbons (Fsp3) is 0.750. The van der Waals surface area contributed by atoms with Gasteiger partial charge in [0.25, 0.3) is 0 Å². The zero-order valence-corrected chi connectivity index (χ0v) is 13.0. The molecule has 0 aliphatic heterocycles. The van der Waals surface area contributed by atoms with Crippen LogP contribution in [-0.2, 0) is 6.54 Å². The molecule has 3 nitrogen and oxygen atoms in total. The summed E-state index contributed by atoms with van der Waals surface area (Å²) in [6.45, 7) is 14.3. The number of hydrogen-bond acceptors (Lipinski definition) is 3. The normalized spacial score (nSPS) is 12.3. The van der Waals surface area contributed by atoms with E-state index in [9.17, 15) is 0 Å². The Morgan fingerprint density at radius 1 is 1.21 bits per heavy atom. The second-order valence-electron chi connectivity index (χ2n) is 5.37. The van der Waals surface area contributed by atoms with Crippen LogP contribution in [0.1, 0.15) is 46.3 Å². The molecule has 0 aliphatic carbocycles. The highest BCUT2D eigenvalue weighted by atomic mass is 16.3. The lowest BCUT2D eigenvalue weighted by Gasteiger charge is -2.37. The lowest BCUT2D eigenvalue weighted by molar-refractivity contribution is 0.127. The van der Waals surface area contributed by atoms with Crippen LogP contribution in [-0.4, -0.2) is 31.1 Å². The SMILES string of the molecule is CCNCC(CC)(CC)CN(CC)Cc1ccco1. The van der Waals surface area contributed by atoms with Gasteiger partial charge in [0.05, 0.1) is 12.8 Å². The van der Waals surface area contributed by atoms with Crippen molar-refractivity contribution in [2.45, 2.75) is 47.1 Å². The van der Waals surface area contributed by atoms with E-state index >= 15 is 0 Å². The summed E-state index contributed by atoms with van der Waals surface area (Å²) in [7, 11) is 0. The van der Waals surface area contributed by atoms with Crippen LogP contribution in [0.15, 0.2) is 22.8 Å². The molecule has 0 unspecified atom stereocenters. The van der Waals surface area contributed by atoms with Gasteiger partial charge in [0.1, 0.15) is 5.76 Å². The summed E-state index contributed by atoms with van der Waals surface area (Å²) in [5.41, 5.74) is 0.374. The maximum atomic E-state index is 5.47. The largest absolute Gasteiger partial charge is 0.468 e.